The van der Waals surface area contributed by atoms with Gasteiger partial charge in [0, 0.05) is 37.3 Å². The van der Waals surface area contributed by atoms with E-state index in [2.05, 4.69) is 10.1 Å². The molecule has 1 fully saturated rings. The molecule has 1 aliphatic rings. The molecule has 0 spiro atoms. The summed E-state index contributed by atoms with van der Waals surface area (Å²) in [6.07, 6.45) is 0. The highest BCUT2D eigenvalue weighted by atomic mass is 32.2. The number of aromatic nitrogens is 2. The van der Waals surface area contributed by atoms with Gasteiger partial charge in [-0.15, -0.1) is 0 Å². The summed E-state index contributed by atoms with van der Waals surface area (Å²) in [5, 5.41) is 4.04. The van der Waals surface area contributed by atoms with E-state index in [0.717, 1.165) is 5.69 Å². The summed E-state index contributed by atoms with van der Waals surface area (Å²) in [6.45, 7) is 7.51. The minimum Gasteiger partial charge on any atom is -0.496 e. The summed E-state index contributed by atoms with van der Waals surface area (Å²) in [4.78, 5) is 6.62. The van der Waals surface area contributed by atoms with Crippen molar-refractivity contribution in [2.24, 2.45) is 0 Å². The molecule has 0 atom stereocenters. The molecule has 176 valence electrons. The Hall–Kier alpha value is -2.98. The zero-order valence-corrected chi connectivity index (χ0v) is 19.9. The molecule has 1 aromatic heterocycles. The van der Waals surface area contributed by atoms with Gasteiger partial charge in [0.1, 0.15) is 11.6 Å². The van der Waals surface area contributed by atoms with E-state index in [9.17, 15) is 12.8 Å². The third kappa shape index (κ3) is 4.72. The summed E-state index contributed by atoms with van der Waals surface area (Å²) < 4.78 is 52.2. The Morgan fingerprint density at radius 3 is 2.27 bits per heavy atom. The first-order valence-corrected chi connectivity index (χ1v) is 12.1. The maximum atomic E-state index is 13.4. The van der Waals surface area contributed by atoms with E-state index >= 15 is 0 Å². The van der Waals surface area contributed by atoms with Gasteiger partial charge in [0.15, 0.2) is 0 Å². The highest BCUT2D eigenvalue weighted by Gasteiger charge is 2.30. The van der Waals surface area contributed by atoms with Gasteiger partial charge >= 0.3 is 0 Å². The van der Waals surface area contributed by atoms with E-state index in [4.69, 9.17) is 9.26 Å². The van der Waals surface area contributed by atoms with E-state index in [1.54, 1.807) is 18.2 Å². The van der Waals surface area contributed by atoms with Gasteiger partial charge in [0.05, 0.1) is 17.6 Å². The Bertz CT molecular complexity index is 1230. The smallest absolute Gasteiger partial charge is 0.243 e. The number of methoxy groups -OCH3 is 1. The normalized spacial score (nSPS) is 15.6. The van der Waals surface area contributed by atoms with Crippen molar-refractivity contribution in [2.75, 3.05) is 38.2 Å². The summed E-state index contributed by atoms with van der Waals surface area (Å²) in [6, 6.07) is 10.9. The Morgan fingerprint density at radius 2 is 1.70 bits per heavy atom. The number of sulfonamides is 1. The van der Waals surface area contributed by atoms with Crippen molar-refractivity contribution in [1.29, 1.82) is 0 Å². The maximum absolute atomic E-state index is 13.4. The van der Waals surface area contributed by atoms with Crippen molar-refractivity contribution in [1.82, 2.24) is 14.4 Å². The van der Waals surface area contributed by atoms with E-state index in [1.165, 1.54) is 35.7 Å². The molecule has 10 heteroatoms. The van der Waals surface area contributed by atoms with Crippen molar-refractivity contribution in [3.63, 3.8) is 0 Å². The molecule has 1 saturated heterocycles. The first-order valence-electron chi connectivity index (χ1n) is 10.6. The summed E-state index contributed by atoms with van der Waals surface area (Å²) in [7, 11) is -2.24. The third-order valence-electron chi connectivity index (χ3n) is 5.55. The molecule has 2 heterocycles. The van der Waals surface area contributed by atoms with E-state index < -0.39 is 10.0 Å². The number of halogens is 1. The highest BCUT2D eigenvalue weighted by Crippen LogP contribution is 2.33. The summed E-state index contributed by atoms with van der Waals surface area (Å²) >= 11 is 0. The molecule has 0 aliphatic carbocycles. The molecule has 2 aromatic carbocycles. The molecule has 0 radical (unpaired) electrons. The minimum atomic E-state index is -3.75. The Kier molecular flexibility index (Phi) is 6.15. The van der Waals surface area contributed by atoms with E-state index in [0.29, 0.717) is 43.4 Å². The van der Waals surface area contributed by atoms with Gasteiger partial charge in [-0.05, 0) is 42.5 Å². The number of rotatable bonds is 5. The van der Waals surface area contributed by atoms with Crippen LogP contribution in [0.5, 0.6) is 5.75 Å². The number of hydrogen-bond acceptors (Lipinski definition) is 7. The van der Waals surface area contributed by atoms with Crippen LogP contribution in [0.2, 0.25) is 0 Å². The number of hydrogen-bond donors (Lipinski definition) is 0. The van der Waals surface area contributed by atoms with Gasteiger partial charge in [0.25, 0.3) is 0 Å². The van der Waals surface area contributed by atoms with Crippen LogP contribution >= 0.6 is 0 Å². The van der Waals surface area contributed by atoms with Crippen LogP contribution in [-0.4, -0.2) is 56.2 Å². The number of benzene rings is 2. The van der Waals surface area contributed by atoms with Gasteiger partial charge in [0.2, 0.25) is 21.7 Å². The van der Waals surface area contributed by atoms with Crippen molar-refractivity contribution >= 4 is 15.7 Å². The van der Waals surface area contributed by atoms with Gasteiger partial charge in [-0.3, -0.25) is 0 Å². The SMILES string of the molecule is COc1ccc(S(=O)(=O)N2CCN(c3ccc(F)cc3)CC2)cc1-c1noc(C(C)(C)C)n1. The fourth-order valence-corrected chi connectivity index (χ4v) is 5.10. The number of anilines is 1. The molecule has 0 amide bonds. The molecule has 4 rings (SSSR count). The second kappa shape index (κ2) is 8.75. The average molecular weight is 475 g/mol. The third-order valence-corrected chi connectivity index (χ3v) is 7.44. The Morgan fingerprint density at radius 1 is 1.03 bits per heavy atom. The molecule has 0 bridgehead atoms. The van der Waals surface area contributed by atoms with Crippen LogP contribution in [0.1, 0.15) is 26.7 Å². The zero-order valence-electron chi connectivity index (χ0n) is 19.1. The van der Waals surface area contributed by atoms with Gasteiger partial charge in [-0.25, -0.2) is 12.8 Å². The first-order chi connectivity index (χ1) is 15.6. The quantitative estimate of drug-likeness (QED) is 0.557. The lowest BCUT2D eigenvalue weighted by molar-refractivity contribution is 0.321. The van der Waals surface area contributed by atoms with E-state index in [1.807, 2.05) is 25.7 Å². The van der Waals surface area contributed by atoms with Crippen LogP contribution in [0, 0.1) is 5.82 Å². The monoisotopic (exact) mass is 474 g/mol. The predicted molar refractivity (Wildman–Crippen MR) is 122 cm³/mol. The minimum absolute atomic E-state index is 0.135. The largest absolute Gasteiger partial charge is 0.496 e. The van der Waals surface area contributed by atoms with Crippen LogP contribution in [-0.2, 0) is 15.4 Å². The second-order valence-electron chi connectivity index (χ2n) is 8.90. The lowest BCUT2D eigenvalue weighted by Crippen LogP contribution is -2.48. The zero-order chi connectivity index (χ0) is 23.8. The van der Waals surface area contributed by atoms with Gasteiger partial charge in [-0.2, -0.15) is 9.29 Å². The maximum Gasteiger partial charge on any atom is 0.243 e. The first kappa shape index (κ1) is 23.2. The summed E-state index contributed by atoms with van der Waals surface area (Å²) in [5.74, 6) is 0.877. The van der Waals surface area contributed by atoms with Crippen molar-refractivity contribution in [3.8, 4) is 17.1 Å². The van der Waals surface area contributed by atoms with Gasteiger partial charge < -0.3 is 14.2 Å². The van der Waals surface area contributed by atoms with Crippen molar-refractivity contribution < 1.29 is 22.1 Å². The molecule has 1 aliphatic heterocycles. The topological polar surface area (TPSA) is 88.8 Å². The van der Waals surface area contributed by atoms with Gasteiger partial charge in [-0.1, -0.05) is 25.9 Å². The standard InChI is InChI=1S/C23H27FN4O4S/c1-23(2,3)22-25-21(26-32-22)19-15-18(9-10-20(19)31-4)33(29,30)28-13-11-27(12-14-28)17-7-5-16(24)6-8-17/h5-10,15H,11-14H2,1-4H3. The molecule has 0 N–H and O–H groups in total. The lowest BCUT2D eigenvalue weighted by atomic mass is 9.97. The summed E-state index contributed by atoms with van der Waals surface area (Å²) in [5.41, 5.74) is 0.974. The van der Waals surface area contributed by atoms with Crippen LogP contribution in [0.25, 0.3) is 11.4 Å². The molecule has 33 heavy (non-hydrogen) atoms. The molecule has 8 nitrogen and oxygen atoms in total. The highest BCUT2D eigenvalue weighted by molar-refractivity contribution is 7.89. The van der Waals surface area contributed by atoms with E-state index in [-0.39, 0.29) is 22.0 Å². The van der Waals surface area contributed by atoms with Crippen LogP contribution < -0.4 is 9.64 Å². The van der Waals surface area contributed by atoms with Crippen molar-refractivity contribution in [3.05, 3.63) is 54.2 Å². The number of ether oxygens (including phenoxy) is 1. The number of piperazine rings is 1. The molecule has 0 saturated carbocycles. The fraction of sp³-hybridized carbons (Fsp3) is 0.391. The Labute approximate surface area is 193 Å². The molecular formula is C23H27FN4O4S. The molecular weight excluding hydrogens is 447 g/mol. The second-order valence-corrected chi connectivity index (χ2v) is 10.8. The average Bonchev–Trinajstić information content (AvgIpc) is 3.30. The van der Waals surface area contributed by atoms with Crippen LogP contribution in [0.3, 0.4) is 0 Å². The number of nitrogens with zero attached hydrogens (tertiary/aromatic N) is 4. The molecule has 3 aromatic rings. The van der Waals surface area contributed by atoms with Crippen LogP contribution in [0.4, 0.5) is 10.1 Å². The predicted octanol–water partition coefficient (Wildman–Crippen LogP) is 3.69. The fourth-order valence-electron chi connectivity index (χ4n) is 3.65. The van der Waals surface area contributed by atoms with Crippen LogP contribution in [0.15, 0.2) is 51.9 Å². The lowest BCUT2D eigenvalue weighted by Gasteiger charge is -2.35. The Balaban J connectivity index is 1.57. The van der Waals surface area contributed by atoms with Crippen molar-refractivity contribution in [2.45, 2.75) is 31.1 Å². The molecule has 0 unspecified atom stereocenters.